The topological polar surface area (TPSA) is 35.2 Å². The highest BCUT2D eigenvalue weighted by molar-refractivity contribution is 6.42. The minimum absolute atomic E-state index is 0.308. The van der Waals surface area contributed by atoms with Crippen LogP contribution in [0.5, 0.6) is 5.75 Å². The Morgan fingerprint density at radius 2 is 1.90 bits per heavy atom. The maximum absolute atomic E-state index is 13.2. The van der Waals surface area contributed by atoms with Gasteiger partial charge in [-0.1, -0.05) is 29.3 Å². The van der Waals surface area contributed by atoms with Gasteiger partial charge in [0.25, 0.3) is 0 Å². The number of benzene rings is 2. The SMILES string of the molecule is C[C@H](N)c1cc(F)ccc1OCc1ccc(Cl)c(Cl)c1. The van der Waals surface area contributed by atoms with E-state index >= 15 is 0 Å². The maximum atomic E-state index is 13.2. The molecule has 2 aromatic rings. The maximum Gasteiger partial charge on any atom is 0.124 e. The highest BCUT2D eigenvalue weighted by Crippen LogP contribution is 2.27. The Kier molecular flexibility index (Phi) is 4.86. The lowest BCUT2D eigenvalue weighted by Gasteiger charge is -2.14. The molecule has 0 bridgehead atoms. The van der Waals surface area contributed by atoms with Crippen molar-refractivity contribution in [2.24, 2.45) is 5.73 Å². The predicted molar refractivity (Wildman–Crippen MR) is 79.8 cm³/mol. The molecule has 2 rings (SSSR count). The number of nitrogens with two attached hydrogens (primary N) is 1. The molecule has 0 aliphatic rings. The van der Waals surface area contributed by atoms with Gasteiger partial charge in [0.15, 0.2) is 0 Å². The summed E-state index contributed by atoms with van der Waals surface area (Å²) in [4.78, 5) is 0. The predicted octanol–water partition coefficient (Wildman–Crippen LogP) is 4.73. The van der Waals surface area contributed by atoms with Crippen LogP contribution in [0.1, 0.15) is 24.1 Å². The van der Waals surface area contributed by atoms with Crippen molar-refractivity contribution >= 4 is 23.2 Å². The minimum atomic E-state index is -0.334. The van der Waals surface area contributed by atoms with Crippen molar-refractivity contribution in [3.63, 3.8) is 0 Å². The summed E-state index contributed by atoms with van der Waals surface area (Å²) in [5.41, 5.74) is 7.32. The molecule has 106 valence electrons. The average molecular weight is 314 g/mol. The highest BCUT2D eigenvalue weighted by atomic mass is 35.5. The van der Waals surface area contributed by atoms with Crippen molar-refractivity contribution < 1.29 is 9.13 Å². The van der Waals surface area contributed by atoms with Crippen molar-refractivity contribution in [3.8, 4) is 5.75 Å². The summed E-state index contributed by atoms with van der Waals surface area (Å²) >= 11 is 11.8. The molecule has 0 radical (unpaired) electrons. The van der Waals surface area contributed by atoms with E-state index < -0.39 is 0 Å². The highest BCUT2D eigenvalue weighted by Gasteiger charge is 2.10. The molecule has 0 aliphatic carbocycles. The molecule has 20 heavy (non-hydrogen) atoms. The van der Waals surface area contributed by atoms with Gasteiger partial charge >= 0.3 is 0 Å². The van der Waals surface area contributed by atoms with Gasteiger partial charge in [-0.15, -0.1) is 0 Å². The van der Waals surface area contributed by atoms with Gasteiger partial charge in [0.05, 0.1) is 10.0 Å². The zero-order valence-electron chi connectivity index (χ0n) is 10.9. The van der Waals surface area contributed by atoms with Crippen LogP contribution < -0.4 is 10.5 Å². The van der Waals surface area contributed by atoms with E-state index in [1.54, 1.807) is 25.1 Å². The third-order valence-corrected chi connectivity index (χ3v) is 3.58. The van der Waals surface area contributed by atoms with Crippen LogP contribution in [-0.4, -0.2) is 0 Å². The first kappa shape index (κ1) is 15.1. The molecule has 1 atom stereocenters. The molecule has 5 heteroatoms. The Morgan fingerprint density at radius 1 is 1.15 bits per heavy atom. The van der Waals surface area contributed by atoms with Crippen LogP contribution in [0, 0.1) is 5.82 Å². The van der Waals surface area contributed by atoms with E-state index in [-0.39, 0.29) is 11.9 Å². The summed E-state index contributed by atoms with van der Waals surface area (Å²) in [7, 11) is 0. The number of rotatable bonds is 4. The molecule has 0 amide bonds. The van der Waals surface area contributed by atoms with Crippen molar-refractivity contribution in [3.05, 3.63) is 63.4 Å². The molecule has 0 heterocycles. The molecule has 2 nitrogen and oxygen atoms in total. The van der Waals surface area contributed by atoms with Crippen molar-refractivity contribution in [2.45, 2.75) is 19.6 Å². The van der Waals surface area contributed by atoms with Crippen molar-refractivity contribution in [1.82, 2.24) is 0 Å². The van der Waals surface area contributed by atoms with E-state index in [0.29, 0.717) is 28.0 Å². The lowest BCUT2D eigenvalue weighted by Crippen LogP contribution is -2.08. The molecular weight excluding hydrogens is 300 g/mol. The fourth-order valence-corrected chi connectivity index (χ4v) is 2.12. The largest absolute Gasteiger partial charge is 0.489 e. The monoisotopic (exact) mass is 313 g/mol. The molecule has 0 saturated heterocycles. The molecule has 0 saturated carbocycles. The first-order valence-corrected chi connectivity index (χ1v) is 6.84. The third kappa shape index (κ3) is 3.63. The molecular formula is C15H14Cl2FNO. The summed E-state index contributed by atoms with van der Waals surface area (Å²) in [5, 5.41) is 0.966. The van der Waals surface area contributed by atoms with Gasteiger partial charge in [0.2, 0.25) is 0 Å². The molecule has 0 fully saturated rings. The third-order valence-electron chi connectivity index (χ3n) is 2.84. The van der Waals surface area contributed by atoms with Crippen LogP contribution in [0.3, 0.4) is 0 Å². The second-order valence-electron chi connectivity index (χ2n) is 4.51. The van der Waals surface area contributed by atoms with Gasteiger partial charge in [-0.2, -0.15) is 0 Å². The van der Waals surface area contributed by atoms with Gasteiger partial charge in [-0.3, -0.25) is 0 Å². The normalized spacial score (nSPS) is 12.2. The van der Waals surface area contributed by atoms with Gasteiger partial charge in [-0.25, -0.2) is 4.39 Å². The van der Waals surface area contributed by atoms with Crippen LogP contribution >= 0.6 is 23.2 Å². The number of ether oxygens (including phenoxy) is 1. The summed E-state index contributed by atoms with van der Waals surface area (Å²) in [6.07, 6.45) is 0. The van der Waals surface area contributed by atoms with Crippen molar-refractivity contribution in [2.75, 3.05) is 0 Å². The van der Waals surface area contributed by atoms with Gasteiger partial charge in [-0.05, 0) is 42.8 Å². The molecule has 2 aromatic carbocycles. The molecule has 0 spiro atoms. The van der Waals surface area contributed by atoms with Crippen LogP contribution in [0.2, 0.25) is 10.0 Å². The van der Waals surface area contributed by atoms with Crippen LogP contribution in [0.4, 0.5) is 4.39 Å². The van der Waals surface area contributed by atoms with Crippen LogP contribution in [-0.2, 0) is 6.61 Å². The van der Waals surface area contributed by atoms with E-state index in [1.807, 2.05) is 6.07 Å². The standard InChI is InChI=1S/C15H14Cl2FNO/c1-9(19)12-7-11(18)3-5-15(12)20-8-10-2-4-13(16)14(17)6-10/h2-7,9H,8,19H2,1H3/t9-/m0/s1. The van der Waals surface area contributed by atoms with E-state index in [4.69, 9.17) is 33.7 Å². The zero-order valence-corrected chi connectivity index (χ0v) is 12.4. The fraction of sp³-hybridized carbons (Fsp3) is 0.200. The molecule has 2 N–H and O–H groups in total. The lowest BCUT2D eigenvalue weighted by atomic mass is 10.1. The smallest absolute Gasteiger partial charge is 0.124 e. The quantitative estimate of drug-likeness (QED) is 0.885. The van der Waals surface area contributed by atoms with Gasteiger partial charge in [0.1, 0.15) is 18.2 Å². The second-order valence-corrected chi connectivity index (χ2v) is 5.32. The fourth-order valence-electron chi connectivity index (χ4n) is 1.80. The Bertz CT molecular complexity index is 617. The van der Waals surface area contributed by atoms with E-state index in [1.165, 1.54) is 12.1 Å². The van der Waals surface area contributed by atoms with Crippen molar-refractivity contribution in [1.29, 1.82) is 0 Å². The Labute approximate surface area is 127 Å². The van der Waals surface area contributed by atoms with Gasteiger partial charge < -0.3 is 10.5 Å². The van der Waals surface area contributed by atoms with Crippen LogP contribution in [0.15, 0.2) is 36.4 Å². The summed E-state index contributed by atoms with van der Waals surface area (Å²) in [6, 6.07) is 9.26. The zero-order chi connectivity index (χ0) is 14.7. The lowest BCUT2D eigenvalue weighted by molar-refractivity contribution is 0.301. The Morgan fingerprint density at radius 3 is 2.55 bits per heavy atom. The number of hydrogen-bond donors (Lipinski definition) is 1. The first-order valence-electron chi connectivity index (χ1n) is 6.09. The minimum Gasteiger partial charge on any atom is -0.489 e. The Hall–Kier alpha value is -1.29. The van der Waals surface area contributed by atoms with Gasteiger partial charge in [0, 0.05) is 11.6 Å². The average Bonchev–Trinajstić information content (AvgIpc) is 2.41. The van der Waals surface area contributed by atoms with E-state index in [9.17, 15) is 4.39 Å². The summed E-state index contributed by atoms with van der Waals surface area (Å²) in [6.45, 7) is 2.09. The molecule has 0 aliphatic heterocycles. The molecule has 0 unspecified atom stereocenters. The summed E-state index contributed by atoms with van der Waals surface area (Å²) < 4.78 is 18.9. The number of hydrogen-bond acceptors (Lipinski definition) is 2. The summed E-state index contributed by atoms with van der Waals surface area (Å²) in [5.74, 6) is 0.228. The van der Waals surface area contributed by atoms with E-state index in [2.05, 4.69) is 0 Å². The van der Waals surface area contributed by atoms with E-state index in [0.717, 1.165) is 5.56 Å². The molecule has 0 aromatic heterocycles. The second kappa shape index (κ2) is 6.44. The number of halogens is 3. The Balaban J connectivity index is 2.16. The van der Waals surface area contributed by atoms with Crippen LogP contribution in [0.25, 0.3) is 0 Å². The first-order chi connectivity index (χ1) is 9.47.